The lowest BCUT2D eigenvalue weighted by Crippen LogP contribution is -2.45. The highest BCUT2D eigenvalue weighted by molar-refractivity contribution is 6.01. The van der Waals surface area contributed by atoms with E-state index < -0.39 is 17.9 Å². The molecule has 1 saturated heterocycles. The molecule has 1 aromatic rings. The van der Waals surface area contributed by atoms with Crippen molar-refractivity contribution in [2.24, 2.45) is 23.7 Å². The predicted octanol–water partition coefficient (Wildman–Crippen LogP) is 2.98. The SMILES string of the molecule is CCC[C@@H]1C=C[C@H]2[C@H](C(=O)N(CCCCCCO)[C@@H]2C(=O)Nc2ccc(OC)cc2)[C@@H]1C(=O)NC. The van der Waals surface area contributed by atoms with E-state index in [9.17, 15) is 14.4 Å². The summed E-state index contributed by atoms with van der Waals surface area (Å²) in [5.41, 5.74) is 0.626. The number of carbonyl (C=O) groups excluding carboxylic acids is 3. The maximum Gasteiger partial charge on any atom is 0.247 e. The fraction of sp³-hybridized carbons (Fsp3) is 0.593. The molecular weight excluding hydrogens is 446 g/mol. The Bertz CT molecular complexity index is 901. The number of hydrogen-bond acceptors (Lipinski definition) is 5. The molecule has 8 heteroatoms. The van der Waals surface area contributed by atoms with Crippen LogP contribution in [0.15, 0.2) is 36.4 Å². The Kier molecular flexibility index (Phi) is 9.72. The second-order valence-corrected chi connectivity index (χ2v) is 9.41. The van der Waals surface area contributed by atoms with Crippen molar-refractivity contribution in [2.45, 2.75) is 51.5 Å². The van der Waals surface area contributed by atoms with Crippen molar-refractivity contribution >= 4 is 23.4 Å². The van der Waals surface area contributed by atoms with Gasteiger partial charge in [0, 0.05) is 31.8 Å². The van der Waals surface area contributed by atoms with Gasteiger partial charge < -0.3 is 25.4 Å². The van der Waals surface area contributed by atoms with E-state index in [2.05, 4.69) is 17.6 Å². The smallest absolute Gasteiger partial charge is 0.247 e. The monoisotopic (exact) mass is 485 g/mol. The van der Waals surface area contributed by atoms with Crippen LogP contribution in [-0.4, -0.2) is 61.1 Å². The zero-order valence-corrected chi connectivity index (χ0v) is 21.0. The van der Waals surface area contributed by atoms with Crippen molar-refractivity contribution in [3.63, 3.8) is 0 Å². The summed E-state index contributed by atoms with van der Waals surface area (Å²) < 4.78 is 5.19. The number of nitrogens with zero attached hydrogens (tertiary/aromatic N) is 1. The molecule has 35 heavy (non-hydrogen) atoms. The van der Waals surface area contributed by atoms with Crippen molar-refractivity contribution in [3.8, 4) is 5.75 Å². The number of unbranched alkanes of at least 4 members (excludes halogenated alkanes) is 3. The van der Waals surface area contributed by atoms with Gasteiger partial charge in [0.1, 0.15) is 11.8 Å². The van der Waals surface area contributed by atoms with Crippen LogP contribution in [0, 0.1) is 23.7 Å². The highest BCUT2D eigenvalue weighted by Gasteiger charge is 2.56. The quantitative estimate of drug-likeness (QED) is 0.312. The van der Waals surface area contributed by atoms with Crippen molar-refractivity contribution in [2.75, 3.05) is 32.6 Å². The third kappa shape index (κ3) is 6.04. The molecule has 2 aliphatic rings. The van der Waals surface area contributed by atoms with E-state index >= 15 is 0 Å². The topological polar surface area (TPSA) is 108 Å². The third-order valence-corrected chi connectivity index (χ3v) is 7.22. The summed E-state index contributed by atoms with van der Waals surface area (Å²) in [4.78, 5) is 42.0. The van der Waals surface area contributed by atoms with Crippen LogP contribution in [0.3, 0.4) is 0 Å². The third-order valence-electron chi connectivity index (χ3n) is 7.22. The average Bonchev–Trinajstić information content (AvgIpc) is 3.15. The van der Waals surface area contributed by atoms with Gasteiger partial charge >= 0.3 is 0 Å². The summed E-state index contributed by atoms with van der Waals surface area (Å²) in [5, 5.41) is 14.8. The van der Waals surface area contributed by atoms with Gasteiger partial charge in [-0.2, -0.15) is 0 Å². The molecule has 1 aliphatic heterocycles. The first kappa shape index (κ1) is 26.7. The first-order valence-corrected chi connectivity index (χ1v) is 12.7. The van der Waals surface area contributed by atoms with Gasteiger partial charge in [0.05, 0.1) is 18.9 Å². The van der Waals surface area contributed by atoms with E-state index in [1.807, 2.05) is 12.2 Å². The number of allylic oxidation sites excluding steroid dienone is 1. The van der Waals surface area contributed by atoms with E-state index in [1.54, 1.807) is 43.3 Å². The molecule has 5 atom stereocenters. The fourth-order valence-corrected chi connectivity index (χ4v) is 5.51. The first-order valence-electron chi connectivity index (χ1n) is 12.7. The lowest BCUT2D eigenvalue weighted by Gasteiger charge is -2.34. The molecule has 0 radical (unpaired) electrons. The molecule has 1 fully saturated rings. The van der Waals surface area contributed by atoms with Crippen LogP contribution >= 0.6 is 0 Å². The van der Waals surface area contributed by atoms with Crippen molar-refractivity contribution in [1.29, 1.82) is 0 Å². The lowest BCUT2D eigenvalue weighted by molar-refractivity contribution is -0.140. The number of rotatable bonds is 12. The van der Waals surface area contributed by atoms with Crippen LogP contribution in [0.2, 0.25) is 0 Å². The fourth-order valence-electron chi connectivity index (χ4n) is 5.51. The average molecular weight is 486 g/mol. The minimum absolute atomic E-state index is 0.0278. The number of benzene rings is 1. The number of methoxy groups -OCH3 is 1. The molecule has 1 aromatic carbocycles. The summed E-state index contributed by atoms with van der Waals surface area (Å²) >= 11 is 0. The number of hydrogen-bond donors (Lipinski definition) is 3. The van der Waals surface area contributed by atoms with Crippen LogP contribution in [0.1, 0.15) is 45.4 Å². The summed E-state index contributed by atoms with van der Waals surface area (Å²) in [6.07, 6.45) is 8.94. The summed E-state index contributed by atoms with van der Waals surface area (Å²) in [6.45, 7) is 2.67. The molecule has 1 heterocycles. The number of nitrogens with one attached hydrogen (secondary N) is 2. The molecule has 0 aromatic heterocycles. The van der Waals surface area contributed by atoms with Crippen molar-refractivity contribution in [1.82, 2.24) is 10.2 Å². The highest BCUT2D eigenvalue weighted by atomic mass is 16.5. The number of likely N-dealkylation sites (tertiary alicyclic amines) is 1. The van der Waals surface area contributed by atoms with Gasteiger partial charge in [-0.25, -0.2) is 0 Å². The number of fused-ring (bicyclic) bond motifs is 1. The zero-order valence-electron chi connectivity index (χ0n) is 21.0. The van der Waals surface area contributed by atoms with Gasteiger partial charge in [0.15, 0.2) is 0 Å². The normalized spacial score (nSPS) is 25.3. The van der Waals surface area contributed by atoms with Crippen LogP contribution in [0.5, 0.6) is 5.75 Å². The van der Waals surface area contributed by atoms with E-state index in [0.717, 1.165) is 38.5 Å². The van der Waals surface area contributed by atoms with Crippen LogP contribution in [-0.2, 0) is 14.4 Å². The second-order valence-electron chi connectivity index (χ2n) is 9.41. The molecule has 0 bridgehead atoms. The molecule has 3 amide bonds. The number of aliphatic hydroxyl groups is 1. The Balaban J connectivity index is 1.88. The maximum absolute atomic E-state index is 13.8. The molecule has 192 valence electrons. The van der Waals surface area contributed by atoms with E-state index in [0.29, 0.717) is 18.0 Å². The van der Waals surface area contributed by atoms with Gasteiger partial charge in [0.2, 0.25) is 17.7 Å². The standard InChI is InChI=1S/C27H39N3O5/c1-4-9-18-10-15-21-23(22(18)25(32)28-2)27(34)30(16-7-5-6-8-17-31)24(21)26(33)29-19-11-13-20(35-3)14-12-19/h10-15,18,21-24,31H,4-9,16-17H2,1-3H3,(H,28,32)(H,29,33)/t18-,21+,22-,23+,24+/m1/s1. The minimum Gasteiger partial charge on any atom is -0.497 e. The molecule has 8 nitrogen and oxygen atoms in total. The Morgan fingerprint density at radius 3 is 2.40 bits per heavy atom. The molecule has 3 rings (SSSR count). The van der Waals surface area contributed by atoms with Gasteiger partial charge in [0.25, 0.3) is 0 Å². The molecular formula is C27H39N3O5. The zero-order chi connectivity index (χ0) is 25.4. The van der Waals surface area contributed by atoms with Crippen molar-refractivity contribution < 1.29 is 24.2 Å². The Morgan fingerprint density at radius 2 is 1.77 bits per heavy atom. The number of aliphatic hydroxyl groups excluding tert-OH is 1. The number of amides is 3. The minimum atomic E-state index is -0.682. The number of anilines is 1. The van der Waals surface area contributed by atoms with Crippen LogP contribution < -0.4 is 15.4 Å². The Labute approximate surface area is 208 Å². The largest absolute Gasteiger partial charge is 0.497 e. The first-order chi connectivity index (χ1) is 17.0. The summed E-state index contributed by atoms with van der Waals surface area (Å²) in [5.74, 6) is -1.26. The van der Waals surface area contributed by atoms with Crippen molar-refractivity contribution in [3.05, 3.63) is 36.4 Å². The van der Waals surface area contributed by atoms with Crippen LogP contribution in [0.25, 0.3) is 0 Å². The van der Waals surface area contributed by atoms with Gasteiger partial charge in [-0.15, -0.1) is 0 Å². The Hall–Kier alpha value is -2.87. The van der Waals surface area contributed by atoms with Gasteiger partial charge in [-0.05, 0) is 49.4 Å². The summed E-state index contributed by atoms with van der Waals surface area (Å²) in [7, 11) is 3.19. The van der Waals surface area contributed by atoms with E-state index in [1.165, 1.54) is 0 Å². The van der Waals surface area contributed by atoms with E-state index in [4.69, 9.17) is 9.84 Å². The van der Waals surface area contributed by atoms with Crippen LogP contribution in [0.4, 0.5) is 5.69 Å². The number of ether oxygens (including phenoxy) is 1. The predicted molar refractivity (Wildman–Crippen MR) is 135 cm³/mol. The maximum atomic E-state index is 13.8. The lowest BCUT2D eigenvalue weighted by atomic mass is 9.68. The molecule has 1 aliphatic carbocycles. The van der Waals surface area contributed by atoms with Gasteiger partial charge in [-0.1, -0.05) is 38.3 Å². The molecule has 3 N–H and O–H groups in total. The molecule has 0 unspecified atom stereocenters. The number of carbonyl (C=O) groups is 3. The Morgan fingerprint density at radius 1 is 1.06 bits per heavy atom. The second kappa shape index (κ2) is 12.7. The highest BCUT2D eigenvalue weighted by Crippen LogP contribution is 2.45. The molecule has 0 spiro atoms. The van der Waals surface area contributed by atoms with Gasteiger partial charge in [-0.3, -0.25) is 14.4 Å². The van der Waals surface area contributed by atoms with E-state index in [-0.39, 0.29) is 36.2 Å². The molecule has 0 saturated carbocycles. The summed E-state index contributed by atoms with van der Waals surface area (Å²) in [6, 6.07) is 6.40.